The number of halogens is 1. The van der Waals surface area contributed by atoms with Gasteiger partial charge in [-0.3, -0.25) is 4.98 Å². The number of ether oxygens (including phenoxy) is 2. The zero-order valence-electron chi connectivity index (χ0n) is 18.4. The molecule has 0 aliphatic rings. The maximum Gasteiger partial charge on any atom is 0.339 e. The molecular formula is C25H21FN4O4. The quantitative estimate of drug-likeness (QED) is 0.318. The fourth-order valence-corrected chi connectivity index (χ4v) is 3.19. The zero-order chi connectivity index (χ0) is 24.1. The average Bonchev–Trinajstić information content (AvgIpc) is 3.32. The molecule has 0 aliphatic carbocycles. The summed E-state index contributed by atoms with van der Waals surface area (Å²) in [7, 11) is 1.31. The van der Waals surface area contributed by atoms with Gasteiger partial charge in [-0.05, 0) is 48.9 Å². The highest BCUT2D eigenvalue weighted by Gasteiger charge is 2.12. The molecule has 4 aromatic rings. The first-order valence-electron chi connectivity index (χ1n) is 10.3. The second kappa shape index (κ2) is 9.86. The molecule has 0 saturated carbocycles. The van der Waals surface area contributed by atoms with E-state index in [0.717, 1.165) is 5.56 Å². The molecule has 0 atom stereocenters. The molecule has 2 aromatic carbocycles. The number of anilines is 2. The molecule has 0 bridgehead atoms. The van der Waals surface area contributed by atoms with Crippen LogP contribution >= 0.6 is 0 Å². The van der Waals surface area contributed by atoms with Gasteiger partial charge in [0.2, 0.25) is 0 Å². The van der Waals surface area contributed by atoms with Crippen LogP contribution in [-0.4, -0.2) is 29.1 Å². The number of nitrogens with zero attached hydrogens (tertiary/aromatic N) is 1. The van der Waals surface area contributed by atoms with E-state index in [1.54, 1.807) is 67.0 Å². The van der Waals surface area contributed by atoms with E-state index in [-0.39, 0.29) is 5.69 Å². The number of methoxy groups -OCH3 is 1. The third-order valence-electron chi connectivity index (χ3n) is 4.81. The van der Waals surface area contributed by atoms with Crippen molar-refractivity contribution in [2.45, 2.75) is 6.92 Å². The molecule has 3 N–H and O–H groups in total. The number of aryl methyl sites for hydroxylation is 1. The van der Waals surface area contributed by atoms with Gasteiger partial charge in [0, 0.05) is 30.2 Å². The van der Waals surface area contributed by atoms with Crippen molar-refractivity contribution in [3.05, 3.63) is 90.0 Å². The van der Waals surface area contributed by atoms with Gasteiger partial charge >= 0.3 is 12.0 Å². The Morgan fingerprint density at radius 2 is 1.82 bits per heavy atom. The normalized spacial score (nSPS) is 10.4. The van der Waals surface area contributed by atoms with Crippen molar-refractivity contribution in [3.8, 4) is 22.9 Å². The summed E-state index contributed by atoms with van der Waals surface area (Å²) in [6, 6.07) is 15.7. The summed E-state index contributed by atoms with van der Waals surface area (Å²) in [6.07, 6.45) is 3.12. The summed E-state index contributed by atoms with van der Waals surface area (Å²) in [4.78, 5) is 31.3. The SMILES string of the molecule is COC(=O)c1c[nH]c(-c2cc(Oc3cccc(NC(=O)Nc4cc(C)ccc4F)c3)ccn2)c1. The van der Waals surface area contributed by atoms with Gasteiger partial charge in [-0.1, -0.05) is 12.1 Å². The van der Waals surface area contributed by atoms with Crippen molar-refractivity contribution in [3.63, 3.8) is 0 Å². The van der Waals surface area contributed by atoms with Crippen molar-refractivity contribution >= 4 is 23.4 Å². The number of nitrogens with one attached hydrogen (secondary N) is 3. The first-order valence-corrected chi connectivity index (χ1v) is 10.3. The second-order valence-corrected chi connectivity index (χ2v) is 7.36. The van der Waals surface area contributed by atoms with Crippen molar-refractivity contribution in [2.75, 3.05) is 17.7 Å². The van der Waals surface area contributed by atoms with E-state index < -0.39 is 17.8 Å². The molecule has 2 amide bonds. The van der Waals surface area contributed by atoms with Crippen LogP contribution in [0.25, 0.3) is 11.4 Å². The fraction of sp³-hybridized carbons (Fsp3) is 0.0800. The van der Waals surface area contributed by atoms with Crippen molar-refractivity contribution in [1.82, 2.24) is 9.97 Å². The standard InChI is InChI=1S/C25H21FN4O4/c1-15-6-7-20(26)21(10-15)30-25(32)29-17-4-3-5-18(12-17)34-19-8-9-27-23(13-19)22-11-16(14-28-22)24(31)33-2/h3-14,28H,1-2H3,(H2,29,30,32). The molecule has 0 radical (unpaired) electrons. The number of H-pyrrole nitrogens is 1. The van der Waals surface area contributed by atoms with Crippen LogP contribution in [0.4, 0.5) is 20.6 Å². The number of carbonyl (C=O) groups excluding carboxylic acids is 2. The second-order valence-electron chi connectivity index (χ2n) is 7.36. The number of rotatable bonds is 6. The third-order valence-corrected chi connectivity index (χ3v) is 4.81. The topological polar surface area (TPSA) is 105 Å². The highest BCUT2D eigenvalue weighted by Crippen LogP contribution is 2.27. The number of hydrogen-bond acceptors (Lipinski definition) is 5. The molecular weight excluding hydrogens is 439 g/mol. The highest BCUT2D eigenvalue weighted by atomic mass is 19.1. The molecule has 0 unspecified atom stereocenters. The number of aromatic amines is 1. The fourth-order valence-electron chi connectivity index (χ4n) is 3.19. The van der Waals surface area contributed by atoms with E-state index in [9.17, 15) is 14.0 Å². The first-order chi connectivity index (χ1) is 16.4. The molecule has 4 rings (SSSR count). The molecule has 172 valence electrons. The minimum atomic E-state index is -0.582. The number of benzene rings is 2. The largest absolute Gasteiger partial charge is 0.465 e. The Hall–Kier alpha value is -4.66. The van der Waals surface area contributed by atoms with Crippen molar-refractivity contribution in [2.24, 2.45) is 0 Å². The predicted octanol–water partition coefficient (Wildman–Crippen LogP) is 5.75. The molecule has 2 heterocycles. The predicted molar refractivity (Wildman–Crippen MR) is 126 cm³/mol. The highest BCUT2D eigenvalue weighted by molar-refractivity contribution is 6.00. The molecule has 9 heteroatoms. The van der Waals surface area contributed by atoms with Crippen LogP contribution in [0.5, 0.6) is 11.5 Å². The summed E-state index contributed by atoms with van der Waals surface area (Å²) in [5, 5.41) is 5.16. The Kier molecular flexibility index (Phi) is 6.54. The summed E-state index contributed by atoms with van der Waals surface area (Å²) in [6.45, 7) is 1.81. The number of carbonyl (C=O) groups is 2. The van der Waals surface area contributed by atoms with E-state index in [1.165, 1.54) is 13.2 Å². The van der Waals surface area contributed by atoms with Gasteiger partial charge in [-0.15, -0.1) is 0 Å². The number of pyridine rings is 1. The summed E-state index contributed by atoms with van der Waals surface area (Å²) in [5.74, 6) is 0.00145. The summed E-state index contributed by atoms with van der Waals surface area (Å²) in [5.41, 5.74) is 2.96. The number of amides is 2. The van der Waals surface area contributed by atoms with Gasteiger partial charge in [0.25, 0.3) is 0 Å². The molecule has 0 aliphatic heterocycles. The summed E-state index contributed by atoms with van der Waals surface area (Å²) >= 11 is 0. The molecule has 0 fully saturated rings. The maximum absolute atomic E-state index is 13.9. The van der Waals surface area contributed by atoms with E-state index in [4.69, 9.17) is 9.47 Å². The lowest BCUT2D eigenvalue weighted by atomic mass is 10.2. The van der Waals surface area contributed by atoms with Gasteiger partial charge < -0.3 is 25.1 Å². The number of esters is 1. The number of urea groups is 1. The van der Waals surface area contributed by atoms with Crippen LogP contribution in [0.1, 0.15) is 15.9 Å². The Morgan fingerprint density at radius 3 is 2.65 bits per heavy atom. The smallest absolute Gasteiger partial charge is 0.339 e. The lowest BCUT2D eigenvalue weighted by Crippen LogP contribution is -2.20. The minimum Gasteiger partial charge on any atom is -0.465 e. The van der Waals surface area contributed by atoms with Crippen molar-refractivity contribution in [1.29, 1.82) is 0 Å². The molecule has 2 aromatic heterocycles. The third kappa shape index (κ3) is 5.39. The minimum absolute atomic E-state index is 0.0916. The molecule has 0 spiro atoms. The van der Waals surface area contributed by atoms with Crippen LogP contribution < -0.4 is 15.4 Å². The van der Waals surface area contributed by atoms with Gasteiger partial charge in [0.15, 0.2) is 0 Å². The van der Waals surface area contributed by atoms with Gasteiger partial charge in [0.1, 0.15) is 17.3 Å². The Labute approximate surface area is 194 Å². The van der Waals surface area contributed by atoms with Crippen LogP contribution in [0, 0.1) is 12.7 Å². The van der Waals surface area contributed by atoms with Crippen molar-refractivity contribution < 1.29 is 23.5 Å². The van der Waals surface area contributed by atoms with Crippen LogP contribution in [0.2, 0.25) is 0 Å². The summed E-state index contributed by atoms with van der Waals surface area (Å²) < 4.78 is 24.5. The monoisotopic (exact) mass is 460 g/mol. The number of aromatic nitrogens is 2. The van der Waals surface area contributed by atoms with Gasteiger partial charge in [-0.25, -0.2) is 14.0 Å². The van der Waals surface area contributed by atoms with E-state index in [0.29, 0.717) is 34.1 Å². The molecule has 34 heavy (non-hydrogen) atoms. The van der Waals surface area contributed by atoms with E-state index >= 15 is 0 Å². The van der Waals surface area contributed by atoms with Gasteiger partial charge in [-0.2, -0.15) is 0 Å². The molecule has 8 nitrogen and oxygen atoms in total. The Morgan fingerprint density at radius 1 is 1.00 bits per heavy atom. The first kappa shape index (κ1) is 22.5. The average molecular weight is 460 g/mol. The lowest BCUT2D eigenvalue weighted by Gasteiger charge is -2.11. The Bertz CT molecular complexity index is 1350. The van der Waals surface area contributed by atoms with E-state index in [1.807, 2.05) is 6.92 Å². The lowest BCUT2D eigenvalue weighted by molar-refractivity contribution is 0.0601. The van der Waals surface area contributed by atoms with Crippen LogP contribution in [0.3, 0.4) is 0 Å². The maximum atomic E-state index is 13.9. The molecule has 0 saturated heterocycles. The van der Waals surface area contributed by atoms with Crippen LogP contribution in [-0.2, 0) is 4.74 Å². The Balaban J connectivity index is 1.45. The zero-order valence-corrected chi connectivity index (χ0v) is 18.4. The van der Waals surface area contributed by atoms with Crippen LogP contribution in [0.15, 0.2) is 73.1 Å². The van der Waals surface area contributed by atoms with Gasteiger partial charge in [0.05, 0.1) is 29.7 Å². The number of hydrogen-bond donors (Lipinski definition) is 3. The van der Waals surface area contributed by atoms with E-state index in [2.05, 4.69) is 20.6 Å².